The number of piperidine rings is 1. The van der Waals surface area contributed by atoms with Crippen LogP contribution in [0.5, 0.6) is 11.5 Å². The predicted molar refractivity (Wildman–Crippen MR) is 223 cm³/mol. The maximum atomic E-state index is 11.0. The molecule has 53 heavy (non-hydrogen) atoms. The number of likely N-dealkylation sites (tertiary alicyclic amines) is 1. The number of nitrogens with one attached hydrogen (secondary N) is 1. The van der Waals surface area contributed by atoms with Gasteiger partial charge in [-0.3, -0.25) is 4.90 Å². The Hall–Kier alpha value is -5.16. The van der Waals surface area contributed by atoms with Crippen molar-refractivity contribution >= 4 is 0 Å². The highest BCUT2D eigenvalue weighted by molar-refractivity contribution is 5.84. The van der Waals surface area contributed by atoms with Crippen molar-refractivity contribution in [1.29, 1.82) is 0 Å². The SMILES string of the molecule is CCCCCCNCc1cc(-c2ccccc2)c(O)c(-c2ccccc2)c1.Oc1c(-c2ccccc2)cc(CN2CCCCC2)cc1-c1ccccc1. The molecule has 0 amide bonds. The zero-order valence-corrected chi connectivity index (χ0v) is 31.2. The van der Waals surface area contributed by atoms with Crippen LogP contribution in [0.25, 0.3) is 44.5 Å². The molecule has 6 aromatic rings. The van der Waals surface area contributed by atoms with Gasteiger partial charge in [0.25, 0.3) is 0 Å². The molecule has 4 nitrogen and oxygen atoms in total. The molecule has 0 spiro atoms. The van der Waals surface area contributed by atoms with E-state index in [0.717, 1.165) is 64.1 Å². The van der Waals surface area contributed by atoms with Crippen molar-refractivity contribution in [1.82, 2.24) is 10.2 Å². The summed E-state index contributed by atoms with van der Waals surface area (Å²) in [5, 5.41) is 25.5. The topological polar surface area (TPSA) is 55.7 Å². The fourth-order valence-electron chi connectivity index (χ4n) is 7.22. The summed E-state index contributed by atoms with van der Waals surface area (Å²) in [4.78, 5) is 2.53. The largest absolute Gasteiger partial charge is 0.507 e. The monoisotopic (exact) mass is 702 g/mol. The molecule has 1 fully saturated rings. The van der Waals surface area contributed by atoms with Crippen molar-refractivity contribution in [3.05, 3.63) is 157 Å². The van der Waals surface area contributed by atoms with E-state index in [1.165, 1.54) is 69.2 Å². The molecule has 0 bridgehead atoms. The summed E-state index contributed by atoms with van der Waals surface area (Å²) >= 11 is 0. The number of aromatic hydroxyl groups is 2. The quantitative estimate of drug-likeness (QED) is 0.105. The predicted octanol–water partition coefficient (Wildman–Crippen LogP) is 12.1. The van der Waals surface area contributed by atoms with Crippen molar-refractivity contribution in [3.8, 4) is 56.0 Å². The van der Waals surface area contributed by atoms with E-state index in [4.69, 9.17) is 0 Å². The van der Waals surface area contributed by atoms with E-state index in [0.29, 0.717) is 11.5 Å². The number of benzene rings is 6. The molecule has 0 radical (unpaired) electrons. The molecule has 0 aliphatic carbocycles. The average Bonchev–Trinajstić information content (AvgIpc) is 3.22. The fraction of sp³-hybridized carbons (Fsp3) is 0.265. The first kappa shape index (κ1) is 37.6. The van der Waals surface area contributed by atoms with Gasteiger partial charge >= 0.3 is 0 Å². The summed E-state index contributed by atoms with van der Waals surface area (Å²) in [5.41, 5.74) is 10.3. The maximum absolute atomic E-state index is 11.0. The van der Waals surface area contributed by atoms with E-state index >= 15 is 0 Å². The second kappa shape index (κ2) is 19.6. The van der Waals surface area contributed by atoms with Crippen molar-refractivity contribution in [2.75, 3.05) is 19.6 Å². The first-order valence-electron chi connectivity index (χ1n) is 19.5. The molecule has 4 heteroatoms. The minimum Gasteiger partial charge on any atom is -0.507 e. The maximum Gasteiger partial charge on any atom is 0.131 e. The summed E-state index contributed by atoms with van der Waals surface area (Å²) in [6.07, 6.45) is 8.98. The van der Waals surface area contributed by atoms with Gasteiger partial charge in [-0.2, -0.15) is 0 Å². The second-order valence-electron chi connectivity index (χ2n) is 14.1. The molecule has 0 saturated carbocycles. The van der Waals surface area contributed by atoms with Gasteiger partial charge in [-0.15, -0.1) is 0 Å². The van der Waals surface area contributed by atoms with E-state index in [2.05, 4.69) is 65.7 Å². The molecular formula is C49H54N2O2. The number of phenols is 2. The Morgan fingerprint density at radius 2 is 0.887 bits per heavy atom. The average molecular weight is 703 g/mol. The Bertz CT molecular complexity index is 1850. The number of rotatable bonds is 13. The number of unbranched alkanes of at least 4 members (excludes halogenated alkanes) is 3. The summed E-state index contributed by atoms with van der Waals surface area (Å²) in [5.74, 6) is 0.712. The Kier molecular flexibility index (Phi) is 13.9. The normalized spacial score (nSPS) is 12.9. The van der Waals surface area contributed by atoms with E-state index in [1.807, 2.05) is 97.1 Å². The zero-order valence-electron chi connectivity index (χ0n) is 31.2. The highest BCUT2D eigenvalue weighted by atomic mass is 16.3. The van der Waals surface area contributed by atoms with Gasteiger partial charge in [0.2, 0.25) is 0 Å². The van der Waals surface area contributed by atoms with E-state index in [9.17, 15) is 10.2 Å². The number of hydrogen-bond acceptors (Lipinski definition) is 4. The highest BCUT2D eigenvalue weighted by Crippen LogP contribution is 2.41. The van der Waals surface area contributed by atoms with Crippen LogP contribution >= 0.6 is 0 Å². The molecule has 6 aromatic carbocycles. The number of phenolic OH excluding ortho intramolecular Hbond substituents is 2. The minimum atomic E-state index is 0.346. The zero-order chi connectivity index (χ0) is 36.7. The summed E-state index contributed by atoms with van der Waals surface area (Å²) in [6.45, 7) is 7.36. The van der Waals surface area contributed by atoms with Gasteiger partial charge < -0.3 is 15.5 Å². The Labute approximate surface area is 316 Å². The Balaban J connectivity index is 0.000000181. The standard InChI is InChI=1S/C25H29NO.C24H25NO/c1-2-3-4-11-16-26-19-20-17-23(21-12-7-5-8-13-21)25(27)24(18-20)22-14-9-6-10-15-22;26-24-22(20-10-4-1-5-11-20)16-19(18-25-14-8-3-9-15-25)17-23(24)21-12-6-2-7-13-21/h5-10,12-15,17-18,26-27H,2-4,11,16,19H2,1H3;1-2,4-7,10-13,16-17,26H,3,8-9,14-15,18H2. The van der Waals surface area contributed by atoms with Gasteiger partial charge in [-0.05, 0) is 96.5 Å². The van der Waals surface area contributed by atoms with Crippen LogP contribution in [0.15, 0.2) is 146 Å². The number of hydrogen-bond donors (Lipinski definition) is 3. The van der Waals surface area contributed by atoms with Crippen LogP contribution in [0.1, 0.15) is 63.0 Å². The minimum absolute atomic E-state index is 0.346. The van der Waals surface area contributed by atoms with Gasteiger partial charge in [-0.25, -0.2) is 0 Å². The third-order valence-electron chi connectivity index (χ3n) is 10.1. The van der Waals surface area contributed by atoms with Crippen molar-refractivity contribution in [2.24, 2.45) is 0 Å². The van der Waals surface area contributed by atoms with Crippen LogP contribution in [0.3, 0.4) is 0 Å². The smallest absolute Gasteiger partial charge is 0.131 e. The fourth-order valence-corrected chi connectivity index (χ4v) is 7.22. The molecule has 3 N–H and O–H groups in total. The molecule has 1 aliphatic rings. The van der Waals surface area contributed by atoms with E-state index in [-0.39, 0.29) is 0 Å². The number of nitrogens with zero attached hydrogens (tertiary/aromatic N) is 1. The van der Waals surface area contributed by atoms with Crippen LogP contribution < -0.4 is 5.32 Å². The molecule has 1 aliphatic heterocycles. The van der Waals surface area contributed by atoms with Crippen LogP contribution in [0.2, 0.25) is 0 Å². The molecule has 0 unspecified atom stereocenters. The molecule has 1 heterocycles. The summed E-state index contributed by atoms with van der Waals surface area (Å²) < 4.78 is 0. The van der Waals surface area contributed by atoms with Gasteiger partial charge in [0.05, 0.1) is 0 Å². The summed E-state index contributed by atoms with van der Waals surface area (Å²) in [7, 11) is 0. The third-order valence-corrected chi connectivity index (χ3v) is 10.1. The second-order valence-corrected chi connectivity index (χ2v) is 14.1. The van der Waals surface area contributed by atoms with E-state index < -0.39 is 0 Å². The van der Waals surface area contributed by atoms with Crippen molar-refractivity contribution in [3.63, 3.8) is 0 Å². The van der Waals surface area contributed by atoms with Gasteiger partial charge in [0.15, 0.2) is 0 Å². The molecule has 1 saturated heterocycles. The van der Waals surface area contributed by atoms with Crippen molar-refractivity contribution in [2.45, 2.75) is 65.0 Å². The van der Waals surface area contributed by atoms with Crippen LogP contribution in [0.4, 0.5) is 0 Å². The molecule has 0 atom stereocenters. The van der Waals surface area contributed by atoms with Crippen molar-refractivity contribution < 1.29 is 10.2 Å². The lowest BCUT2D eigenvalue weighted by Crippen LogP contribution is -2.29. The summed E-state index contributed by atoms with van der Waals surface area (Å²) in [6, 6.07) is 49.1. The van der Waals surface area contributed by atoms with Crippen LogP contribution in [-0.2, 0) is 13.1 Å². The Morgan fingerprint density at radius 3 is 1.28 bits per heavy atom. The van der Waals surface area contributed by atoms with Crippen LogP contribution in [0, 0.1) is 0 Å². The first-order chi connectivity index (χ1) is 26.1. The molecule has 7 rings (SSSR count). The van der Waals surface area contributed by atoms with Gasteiger partial charge in [0, 0.05) is 35.3 Å². The van der Waals surface area contributed by atoms with E-state index in [1.54, 1.807) is 0 Å². The molecule has 0 aromatic heterocycles. The molecular weight excluding hydrogens is 649 g/mol. The molecule has 272 valence electrons. The lowest BCUT2D eigenvalue weighted by Gasteiger charge is -2.27. The van der Waals surface area contributed by atoms with Gasteiger partial charge in [-0.1, -0.05) is 154 Å². The highest BCUT2D eigenvalue weighted by Gasteiger charge is 2.17. The Morgan fingerprint density at radius 1 is 0.491 bits per heavy atom. The van der Waals surface area contributed by atoms with Gasteiger partial charge in [0.1, 0.15) is 11.5 Å². The lowest BCUT2D eigenvalue weighted by molar-refractivity contribution is 0.221. The first-order valence-corrected chi connectivity index (χ1v) is 19.5. The third kappa shape index (κ3) is 10.5. The van der Waals surface area contributed by atoms with Crippen LogP contribution in [-0.4, -0.2) is 34.7 Å². The lowest BCUT2D eigenvalue weighted by atomic mass is 9.94.